The molecule has 2 heterocycles. The van der Waals surface area contributed by atoms with Gasteiger partial charge in [-0.15, -0.1) is 8.78 Å². The number of aromatic amines is 1. The number of rotatable bonds is 6. The van der Waals surface area contributed by atoms with E-state index in [1.807, 2.05) is 26.0 Å². The van der Waals surface area contributed by atoms with Crippen LogP contribution in [0.2, 0.25) is 0 Å². The lowest BCUT2D eigenvalue weighted by molar-refractivity contribution is -0.0964. The normalized spacial score (nSPS) is 18.4. The zero-order valence-electron chi connectivity index (χ0n) is 18.0. The molecule has 10 heteroatoms. The number of carbonyl (C=O) groups excluding carboxylic acids is 1. The lowest BCUT2D eigenvalue weighted by Crippen LogP contribution is -2.22. The summed E-state index contributed by atoms with van der Waals surface area (Å²) in [5.41, 5.74) is 0.209. The molecule has 0 unspecified atom stereocenters. The summed E-state index contributed by atoms with van der Waals surface area (Å²) in [6.45, 7) is 5.08. The Labute approximate surface area is 194 Å². The standard InChI is InChI=1S/C23H23ClF2N4O3/c1-13-11-30(12-21(13)31)20-8-3-15(10-18(20)19-9-14(2)28-29-19)22(32)27-16-4-6-17(7-5-16)33-23(24,25)26/h3-10,13,21,31H,11-12H2,1-2H3,(H,27,32)(H,28,29)/t13-,21-/m0/s1. The van der Waals surface area contributed by atoms with Crippen molar-refractivity contribution in [2.75, 3.05) is 23.3 Å². The molecule has 1 aliphatic heterocycles. The predicted octanol–water partition coefficient (Wildman–Crippen LogP) is 4.62. The van der Waals surface area contributed by atoms with Gasteiger partial charge in [-0.2, -0.15) is 5.10 Å². The van der Waals surface area contributed by atoms with Gasteiger partial charge in [-0.1, -0.05) is 6.92 Å². The summed E-state index contributed by atoms with van der Waals surface area (Å²) in [5, 5.41) is 20.2. The summed E-state index contributed by atoms with van der Waals surface area (Å²) in [7, 11) is 0. The van der Waals surface area contributed by atoms with Crippen molar-refractivity contribution in [1.29, 1.82) is 0 Å². The Kier molecular flexibility index (Phi) is 6.27. The maximum Gasteiger partial charge on any atom is 0.487 e. The maximum absolute atomic E-state index is 12.9. The predicted molar refractivity (Wildman–Crippen MR) is 122 cm³/mol. The molecule has 1 saturated heterocycles. The highest BCUT2D eigenvalue weighted by Crippen LogP contribution is 2.35. The number of amides is 1. The van der Waals surface area contributed by atoms with E-state index in [0.29, 0.717) is 30.0 Å². The van der Waals surface area contributed by atoms with Crippen LogP contribution in [0.3, 0.4) is 0 Å². The molecule has 33 heavy (non-hydrogen) atoms. The molecule has 1 fully saturated rings. The summed E-state index contributed by atoms with van der Waals surface area (Å²) < 4.78 is 29.8. The number of benzene rings is 2. The first-order valence-electron chi connectivity index (χ1n) is 10.4. The van der Waals surface area contributed by atoms with Crippen LogP contribution in [0, 0.1) is 12.8 Å². The van der Waals surface area contributed by atoms with Gasteiger partial charge in [0.1, 0.15) is 5.75 Å². The average Bonchev–Trinajstić information content (AvgIpc) is 3.33. The maximum atomic E-state index is 12.9. The third-order valence-electron chi connectivity index (χ3n) is 5.50. The Morgan fingerprint density at radius 3 is 2.55 bits per heavy atom. The van der Waals surface area contributed by atoms with E-state index in [2.05, 4.69) is 25.2 Å². The van der Waals surface area contributed by atoms with Crippen molar-refractivity contribution < 1.29 is 23.4 Å². The fourth-order valence-electron chi connectivity index (χ4n) is 3.80. The van der Waals surface area contributed by atoms with Gasteiger partial charge >= 0.3 is 5.57 Å². The highest BCUT2D eigenvalue weighted by atomic mass is 35.5. The van der Waals surface area contributed by atoms with Crippen LogP contribution in [-0.2, 0) is 0 Å². The van der Waals surface area contributed by atoms with Crippen LogP contribution in [-0.4, -0.2) is 46.0 Å². The third kappa shape index (κ3) is 5.43. The molecule has 2 atom stereocenters. The van der Waals surface area contributed by atoms with E-state index in [-0.39, 0.29) is 17.6 Å². The number of aliphatic hydroxyl groups is 1. The largest absolute Gasteiger partial charge is 0.487 e. The SMILES string of the molecule is Cc1cc(-c2cc(C(=O)Nc3ccc(OC(F)(F)Cl)cc3)ccc2N2C[C@H](C)[C@@H](O)C2)n[nH]1. The summed E-state index contributed by atoms with van der Waals surface area (Å²) in [6.07, 6.45) is -0.424. The molecule has 4 rings (SSSR count). The molecule has 1 amide bonds. The molecule has 1 aliphatic rings. The number of carbonyl (C=O) groups is 1. The van der Waals surface area contributed by atoms with Crippen molar-refractivity contribution in [3.05, 3.63) is 59.8 Å². The second-order valence-corrected chi connectivity index (χ2v) is 8.58. The number of hydrogen-bond donors (Lipinski definition) is 3. The first kappa shape index (κ1) is 23.0. The van der Waals surface area contributed by atoms with Gasteiger partial charge in [0, 0.05) is 58.8 Å². The van der Waals surface area contributed by atoms with Crippen LogP contribution in [0.4, 0.5) is 20.2 Å². The van der Waals surface area contributed by atoms with Crippen LogP contribution >= 0.6 is 11.6 Å². The lowest BCUT2D eigenvalue weighted by atomic mass is 10.0. The Balaban J connectivity index is 1.58. The summed E-state index contributed by atoms with van der Waals surface area (Å²) >= 11 is 4.76. The summed E-state index contributed by atoms with van der Waals surface area (Å²) in [6, 6.07) is 12.6. The fraction of sp³-hybridized carbons (Fsp3) is 0.304. The number of nitrogens with zero attached hydrogens (tertiary/aromatic N) is 2. The minimum absolute atomic E-state index is 0.129. The number of hydrogen-bond acceptors (Lipinski definition) is 5. The topological polar surface area (TPSA) is 90.5 Å². The zero-order valence-corrected chi connectivity index (χ0v) is 18.7. The number of alkyl halides is 3. The van der Waals surface area contributed by atoms with Gasteiger partial charge in [0.25, 0.3) is 5.91 Å². The first-order chi connectivity index (χ1) is 15.6. The molecule has 0 spiro atoms. The van der Waals surface area contributed by atoms with Crippen molar-refractivity contribution in [2.45, 2.75) is 25.5 Å². The molecule has 3 N–H and O–H groups in total. The number of β-amino-alcohol motifs (C(OH)–C–C–N with tert-alkyl or cyclic N) is 1. The molecular formula is C23H23ClF2N4O3. The van der Waals surface area contributed by atoms with Gasteiger partial charge < -0.3 is 20.1 Å². The van der Waals surface area contributed by atoms with Crippen molar-refractivity contribution >= 4 is 28.9 Å². The van der Waals surface area contributed by atoms with E-state index < -0.39 is 11.7 Å². The number of nitrogens with one attached hydrogen (secondary N) is 2. The van der Waals surface area contributed by atoms with Crippen molar-refractivity contribution in [3.8, 4) is 17.0 Å². The van der Waals surface area contributed by atoms with Gasteiger partial charge in [0.2, 0.25) is 0 Å². The van der Waals surface area contributed by atoms with E-state index in [0.717, 1.165) is 16.9 Å². The van der Waals surface area contributed by atoms with E-state index in [4.69, 9.17) is 11.6 Å². The van der Waals surface area contributed by atoms with E-state index in [1.165, 1.54) is 24.3 Å². The zero-order chi connectivity index (χ0) is 23.8. The molecule has 0 bridgehead atoms. The molecule has 7 nitrogen and oxygen atoms in total. The van der Waals surface area contributed by atoms with Crippen molar-refractivity contribution in [1.82, 2.24) is 10.2 Å². The highest BCUT2D eigenvalue weighted by molar-refractivity contribution is 6.20. The van der Waals surface area contributed by atoms with E-state index >= 15 is 0 Å². The summed E-state index contributed by atoms with van der Waals surface area (Å²) in [4.78, 5) is 15.0. The molecule has 2 aromatic carbocycles. The number of aryl methyl sites for hydroxylation is 1. The Morgan fingerprint density at radius 1 is 1.24 bits per heavy atom. The number of aliphatic hydroxyl groups excluding tert-OH is 1. The van der Waals surface area contributed by atoms with E-state index in [9.17, 15) is 18.7 Å². The third-order valence-corrected chi connectivity index (χ3v) is 5.58. The molecule has 0 saturated carbocycles. The van der Waals surface area contributed by atoms with Crippen LogP contribution in [0.15, 0.2) is 48.5 Å². The van der Waals surface area contributed by atoms with Gasteiger partial charge in [-0.05, 0) is 55.5 Å². The van der Waals surface area contributed by atoms with Crippen LogP contribution in [0.5, 0.6) is 5.75 Å². The van der Waals surface area contributed by atoms with E-state index in [1.54, 1.807) is 12.1 Å². The monoisotopic (exact) mass is 476 g/mol. The van der Waals surface area contributed by atoms with Gasteiger partial charge in [-0.25, -0.2) is 0 Å². The Bertz CT molecular complexity index is 1140. The molecule has 1 aromatic heterocycles. The summed E-state index contributed by atoms with van der Waals surface area (Å²) in [5.74, 6) is -0.371. The molecule has 0 aliphatic carbocycles. The van der Waals surface area contributed by atoms with Crippen LogP contribution in [0.1, 0.15) is 23.0 Å². The molecule has 0 radical (unpaired) electrons. The smallest absolute Gasteiger partial charge is 0.420 e. The minimum Gasteiger partial charge on any atom is -0.420 e. The Morgan fingerprint density at radius 2 is 1.97 bits per heavy atom. The molecule has 3 aromatic rings. The first-order valence-corrected chi connectivity index (χ1v) is 10.7. The Hall–Kier alpha value is -3.17. The lowest BCUT2D eigenvalue weighted by Gasteiger charge is -2.22. The average molecular weight is 477 g/mol. The van der Waals surface area contributed by atoms with Gasteiger partial charge in [0.05, 0.1) is 11.8 Å². The highest BCUT2D eigenvalue weighted by Gasteiger charge is 2.30. The second kappa shape index (κ2) is 8.99. The number of ether oxygens (including phenoxy) is 1. The van der Waals surface area contributed by atoms with Crippen LogP contribution in [0.25, 0.3) is 11.3 Å². The minimum atomic E-state index is -3.81. The van der Waals surface area contributed by atoms with Gasteiger partial charge in [0.15, 0.2) is 0 Å². The number of anilines is 2. The molecular weight excluding hydrogens is 454 g/mol. The number of halogens is 3. The fourth-order valence-corrected chi connectivity index (χ4v) is 3.89. The van der Waals surface area contributed by atoms with Crippen molar-refractivity contribution in [3.63, 3.8) is 0 Å². The number of aromatic nitrogens is 2. The molecule has 174 valence electrons. The second-order valence-electron chi connectivity index (χ2n) is 8.14. The van der Waals surface area contributed by atoms with Crippen LogP contribution < -0.4 is 15.0 Å². The quantitative estimate of drug-likeness (QED) is 0.451. The number of H-pyrrole nitrogens is 1. The van der Waals surface area contributed by atoms with Gasteiger partial charge in [-0.3, -0.25) is 9.89 Å². The van der Waals surface area contributed by atoms with Crippen molar-refractivity contribution in [2.24, 2.45) is 5.92 Å².